The molecule has 1 heterocycles. The number of fused-ring (bicyclic) bond motifs is 2. The van der Waals surface area contributed by atoms with Crippen LogP contribution in [-0.4, -0.2) is 46.5 Å². The Balaban J connectivity index is 1.60. The third kappa shape index (κ3) is 1.34. The summed E-state index contributed by atoms with van der Waals surface area (Å²) in [5, 5.41) is 22.9. The summed E-state index contributed by atoms with van der Waals surface area (Å²) >= 11 is 0. The summed E-state index contributed by atoms with van der Waals surface area (Å²) in [6.45, 7) is 11.5. The second kappa shape index (κ2) is 4.36. The fourth-order valence-corrected chi connectivity index (χ4v) is 10.1. The molecule has 1 aliphatic heterocycles. The van der Waals surface area contributed by atoms with E-state index in [4.69, 9.17) is 0 Å². The predicted molar refractivity (Wildman–Crippen MR) is 96.8 cm³/mol. The van der Waals surface area contributed by atoms with Crippen molar-refractivity contribution in [2.24, 2.45) is 39.9 Å². The number of hydrogen-bond acceptors (Lipinski definition) is 3. The largest absolute Gasteiger partial charge is 0.392 e. The molecule has 3 nitrogen and oxygen atoms in total. The molecule has 0 aromatic rings. The van der Waals surface area contributed by atoms with E-state index in [-0.39, 0.29) is 29.0 Å². The molecule has 7 aliphatic rings. The first-order valence-electron chi connectivity index (χ1n) is 10.7. The Hall–Kier alpha value is -0.380. The van der Waals surface area contributed by atoms with Crippen molar-refractivity contribution in [2.75, 3.05) is 13.1 Å². The van der Waals surface area contributed by atoms with Crippen LogP contribution in [0.15, 0.2) is 12.2 Å². The molecular formula is C22H33NO2. The quantitative estimate of drug-likeness (QED) is 0.720. The average molecular weight is 344 g/mol. The van der Waals surface area contributed by atoms with Gasteiger partial charge in [0.15, 0.2) is 0 Å². The van der Waals surface area contributed by atoms with Crippen LogP contribution in [-0.2, 0) is 0 Å². The van der Waals surface area contributed by atoms with Crippen molar-refractivity contribution < 1.29 is 10.2 Å². The van der Waals surface area contributed by atoms with E-state index >= 15 is 0 Å². The zero-order valence-corrected chi connectivity index (χ0v) is 15.7. The van der Waals surface area contributed by atoms with Crippen LogP contribution in [0.25, 0.3) is 0 Å². The lowest BCUT2D eigenvalue weighted by Crippen LogP contribution is -2.69. The van der Waals surface area contributed by atoms with Crippen molar-refractivity contribution in [3.8, 4) is 0 Å². The highest BCUT2D eigenvalue weighted by Crippen LogP contribution is 2.83. The van der Waals surface area contributed by atoms with Gasteiger partial charge in [-0.25, -0.2) is 0 Å². The fraction of sp³-hybridized carbons (Fsp3) is 0.909. The van der Waals surface area contributed by atoms with Crippen molar-refractivity contribution in [1.29, 1.82) is 0 Å². The molecule has 7 rings (SSSR count). The monoisotopic (exact) mass is 343 g/mol. The summed E-state index contributed by atoms with van der Waals surface area (Å²) < 4.78 is 0. The lowest BCUT2D eigenvalue weighted by atomic mass is 9.39. The molecule has 6 aliphatic carbocycles. The number of likely N-dealkylation sites (tertiary alicyclic amines) is 1. The van der Waals surface area contributed by atoms with E-state index < -0.39 is 0 Å². The molecule has 3 heteroatoms. The van der Waals surface area contributed by atoms with Crippen LogP contribution in [0.5, 0.6) is 0 Å². The first-order chi connectivity index (χ1) is 11.9. The van der Waals surface area contributed by atoms with Crippen molar-refractivity contribution in [3.63, 3.8) is 0 Å². The summed E-state index contributed by atoms with van der Waals surface area (Å²) in [5.74, 6) is 1.77. The second-order valence-corrected chi connectivity index (χ2v) is 10.7. The summed E-state index contributed by atoms with van der Waals surface area (Å²) in [7, 11) is 0. The molecule has 0 aromatic carbocycles. The van der Waals surface area contributed by atoms with Gasteiger partial charge < -0.3 is 10.2 Å². The van der Waals surface area contributed by atoms with Gasteiger partial charge in [-0.05, 0) is 66.9 Å². The SMILES string of the molecule is C=C1[C@H]2CC[C@@]3(C4C[C@@H]5[C@@]6(C)CCC[C@]5([C@@H]3[C@H]2O)[C@@H]4N(CC)C6)[C@H]1O. The maximum atomic E-state index is 11.5. The fourth-order valence-electron chi connectivity index (χ4n) is 10.1. The molecule has 0 aromatic heterocycles. The van der Waals surface area contributed by atoms with Gasteiger partial charge in [0.1, 0.15) is 0 Å². The number of rotatable bonds is 1. The number of aliphatic hydroxyl groups excluding tert-OH is 2. The minimum atomic E-state index is -0.377. The summed E-state index contributed by atoms with van der Waals surface area (Å²) in [6.07, 6.45) is 6.75. The Labute approximate surface area is 151 Å². The summed E-state index contributed by atoms with van der Waals surface area (Å²) in [6, 6.07) is 0.592. The van der Waals surface area contributed by atoms with Crippen LogP contribution in [0, 0.1) is 39.9 Å². The highest BCUT2D eigenvalue weighted by Gasteiger charge is 2.84. The number of aliphatic hydroxyl groups is 2. The third-order valence-corrected chi connectivity index (χ3v) is 10.5. The first-order valence-corrected chi connectivity index (χ1v) is 10.7. The molecule has 138 valence electrons. The van der Waals surface area contributed by atoms with E-state index in [2.05, 4.69) is 25.3 Å². The van der Waals surface area contributed by atoms with Crippen LogP contribution in [0.2, 0.25) is 0 Å². The van der Waals surface area contributed by atoms with Gasteiger partial charge in [-0.15, -0.1) is 0 Å². The van der Waals surface area contributed by atoms with Gasteiger partial charge in [-0.1, -0.05) is 26.8 Å². The van der Waals surface area contributed by atoms with Crippen LogP contribution in [0.1, 0.15) is 52.4 Å². The van der Waals surface area contributed by atoms with E-state index in [0.29, 0.717) is 23.3 Å². The van der Waals surface area contributed by atoms with Gasteiger partial charge in [-0.3, -0.25) is 4.90 Å². The Morgan fingerprint density at radius 1 is 1.20 bits per heavy atom. The number of nitrogens with zero attached hydrogens (tertiary/aromatic N) is 1. The molecule has 1 saturated heterocycles. The van der Waals surface area contributed by atoms with Crippen molar-refractivity contribution in [1.82, 2.24) is 4.90 Å². The van der Waals surface area contributed by atoms with Gasteiger partial charge in [0.05, 0.1) is 12.2 Å². The Bertz CT molecular complexity index is 662. The molecule has 7 fully saturated rings. The van der Waals surface area contributed by atoms with E-state index in [1.807, 2.05) is 0 Å². The lowest BCUT2D eigenvalue weighted by molar-refractivity contribution is -0.227. The molecule has 1 unspecified atom stereocenters. The van der Waals surface area contributed by atoms with Gasteiger partial charge >= 0.3 is 0 Å². The molecule has 2 N–H and O–H groups in total. The number of hydrogen-bond donors (Lipinski definition) is 2. The van der Waals surface area contributed by atoms with Crippen molar-refractivity contribution in [2.45, 2.75) is 70.6 Å². The number of piperidine rings is 1. The smallest absolute Gasteiger partial charge is 0.0814 e. The maximum Gasteiger partial charge on any atom is 0.0814 e. The Morgan fingerprint density at radius 2 is 2.00 bits per heavy atom. The normalized spacial score (nSPS) is 64.6. The molecule has 6 saturated carbocycles. The Morgan fingerprint density at radius 3 is 2.76 bits per heavy atom. The lowest BCUT2D eigenvalue weighted by Gasteiger charge is -2.68. The van der Waals surface area contributed by atoms with Gasteiger partial charge in [0.2, 0.25) is 0 Å². The highest BCUT2D eigenvalue weighted by atomic mass is 16.3. The molecule has 10 atom stereocenters. The first kappa shape index (κ1) is 15.7. The highest BCUT2D eigenvalue weighted by molar-refractivity contribution is 5.38. The topological polar surface area (TPSA) is 43.7 Å². The van der Waals surface area contributed by atoms with Crippen LogP contribution in [0.3, 0.4) is 0 Å². The molecule has 7 bridgehead atoms. The van der Waals surface area contributed by atoms with E-state index in [1.165, 1.54) is 32.2 Å². The van der Waals surface area contributed by atoms with Crippen LogP contribution >= 0.6 is 0 Å². The summed E-state index contributed by atoms with van der Waals surface area (Å²) in [4.78, 5) is 2.77. The van der Waals surface area contributed by atoms with E-state index in [9.17, 15) is 10.2 Å². The summed E-state index contributed by atoms with van der Waals surface area (Å²) in [5.41, 5.74) is 1.54. The average Bonchev–Trinajstić information content (AvgIpc) is 2.99. The third-order valence-electron chi connectivity index (χ3n) is 10.5. The van der Waals surface area contributed by atoms with Gasteiger partial charge in [-0.2, -0.15) is 0 Å². The predicted octanol–water partition coefficient (Wildman–Crippen LogP) is 2.82. The maximum absolute atomic E-state index is 11.5. The van der Waals surface area contributed by atoms with Gasteiger partial charge in [0, 0.05) is 29.8 Å². The minimum Gasteiger partial charge on any atom is -0.392 e. The van der Waals surface area contributed by atoms with Crippen LogP contribution < -0.4 is 0 Å². The molecule has 0 radical (unpaired) electrons. The van der Waals surface area contributed by atoms with Crippen molar-refractivity contribution >= 4 is 0 Å². The zero-order valence-electron chi connectivity index (χ0n) is 15.7. The standard InChI is InChI=1S/C22H33NO2/c1-4-23-11-20(3)7-5-8-22-15(20)10-14(18(22)23)21-9-6-13(12(2)19(21)25)16(24)17(21)22/h13-19,24-25H,2,4-11H2,1,3H3/t13-,14?,15-,16+,17-,18-,19+,20+,21+,22+/m1/s1. The molecule has 2 spiro atoms. The molecule has 25 heavy (non-hydrogen) atoms. The zero-order chi connectivity index (χ0) is 17.4. The second-order valence-electron chi connectivity index (χ2n) is 10.7. The van der Waals surface area contributed by atoms with E-state index in [1.54, 1.807) is 0 Å². The molecule has 0 amide bonds. The molecular weight excluding hydrogens is 310 g/mol. The van der Waals surface area contributed by atoms with E-state index in [0.717, 1.165) is 30.9 Å². The van der Waals surface area contributed by atoms with Crippen molar-refractivity contribution in [3.05, 3.63) is 12.2 Å². The Kier molecular flexibility index (Phi) is 2.73. The van der Waals surface area contributed by atoms with Gasteiger partial charge in [0.25, 0.3) is 0 Å². The van der Waals surface area contributed by atoms with Crippen LogP contribution in [0.4, 0.5) is 0 Å². The minimum absolute atomic E-state index is 0.0809.